The van der Waals surface area contributed by atoms with Gasteiger partial charge < -0.3 is 10.1 Å². The monoisotopic (exact) mass is 352 g/mol. The summed E-state index contributed by atoms with van der Waals surface area (Å²) >= 11 is 1.44. The number of carbonyl (C=O) groups excluding carboxylic acids is 2. The number of rotatable bonds is 5. The maximum absolute atomic E-state index is 12.3. The minimum absolute atomic E-state index is 0.0646. The molecule has 0 unspecified atom stereocenters. The summed E-state index contributed by atoms with van der Waals surface area (Å²) in [7, 11) is 0. The molecule has 1 N–H and O–H groups in total. The Kier molecular flexibility index (Phi) is 5.20. The Balaban J connectivity index is 1.91. The van der Waals surface area contributed by atoms with Crippen LogP contribution < -0.4 is 5.32 Å². The zero-order valence-corrected chi connectivity index (χ0v) is 14.4. The normalized spacial score (nSPS) is 11.3. The predicted molar refractivity (Wildman–Crippen MR) is 98.1 cm³/mol. The van der Waals surface area contributed by atoms with E-state index >= 15 is 0 Å². The second kappa shape index (κ2) is 7.72. The molecule has 0 saturated carbocycles. The van der Waals surface area contributed by atoms with Crippen LogP contribution in [0.15, 0.2) is 60.3 Å². The average Bonchev–Trinajstić information content (AvgIpc) is 3.04. The molecule has 1 aromatic heterocycles. The quantitative estimate of drug-likeness (QED) is 0.562. The number of thiazole rings is 1. The first-order valence-corrected chi connectivity index (χ1v) is 8.60. The van der Waals surface area contributed by atoms with E-state index in [9.17, 15) is 9.59 Å². The fraction of sp³-hybridized carbons (Fsp3) is 0.105. The van der Waals surface area contributed by atoms with Crippen molar-refractivity contribution in [2.45, 2.75) is 6.92 Å². The Hall–Kier alpha value is -2.99. The van der Waals surface area contributed by atoms with E-state index in [-0.39, 0.29) is 18.2 Å². The lowest BCUT2D eigenvalue weighted by molar-refractivity contribution is -0.138. The molecule has 1 amide bonds. The van der Waals surface area contributed by atoms with Crippen LogP contribution in [0.5, 0.6) is 0 Å². The Morgan fingerprint density at radius 2 is 1.84 bits per heavy atom. The van der Waals surface area contributed by atoms with Crippen molar-refractivity contribution in [2.75, 3.05) is 6.61 Å². The maximum atomic E-state index is 12.3. The highest BCUT2D eigenvalue weighted by Crippen LogP contribution is 2.23. The number of hydrogen-bond donors (Lipinski definition) is 1. The van der Waals surface area contributed by atoms with Gasteiger partial charge in [-0.2, -0.15) is 0 Å². The van der Waals surface area contributed by atoms with Crippen LogP contribution in [0.3, 0.4) is 0 Å². The fourth-order valence-corrected chi connectivity index (χ4v) is 3.13. The SMILES string of the molecule is CCOC(=O)/C(=C/c1nc2ccccc2s1)NC(=O)c1ccccc1. The van der Waals surface area contributed by atoms with Crippen LogP contribution in [0.2, 0.25) is 0 Å². The number of carbonyl (C=O) groups is 2. The van der Waals surface area contributed by atoms with Gasteiger partial charge in [0.1, 0.15) is 10.7 Å². The Morgan fingerprint density at radius 3 is 2.56 bits per heavy atom. The lowest BCUT2D eigenvalue weighted by Crippen LogP contribution is -2.28. The first kappa shape index (κ1) is 16.9. The second-order valence-electron chi connectivity index (χ2n) is 5.12. The van der Waals surface area contributed by atoms with Crippen molar-refractivity contribution < 1.29 is 14.3 Å². The van der Waals surface area contributed by atoms with E-state index < -0.39 is 5.97 Å². The highest BCUT2D eigenvalue weighted by atomic mass is 32.1. The third-order valence-corrected chi connectivity index (χ3v) is 4.34. The number of para-hydroxylation sites is 1. The molecule has 3 aromatic rings. The molecule has 1 heterocycles. The minimum Gasteiger partial charge on any atom is -0.461 e. The first-order valence-electron chi connectivity index (χ1n) is 7.78. The van der Waals surface area contributed by atoms with E-state index in [1.54, 1.807) is 37.3 Å². The lowest BCUT2D eigenvalue weighted by atomic mass is 10.2. The van der Waals surface area contributed by atoms with Gasteiger partial charge in [-0.25, -0.2) is 9.78 Å². The molecule has 0 bridgehead atoms. The van der Waals surface area contributed by atoms with Crippen LogP contribution in [0.1, 0.15) is 22.3 Å². The number of benzene rings is 2. The highest BCUT2D eigenvalue weighted by Gasteiger charge is 2.16. The maximum Gasteiger partial charge on any atom is 0.354 e. The number of aromatic nitrogens is 1. The lowest BCUT2D eigenvalue weighted by Gasteiger charge is -2.08. The van der Waals surface area contributed by atoms with E-state index in [0.29, 0.717) is 10.6 Å². The second-order valence-corrected chi connectivity index (χ2v) is 6.18. The number of ether oxygens (including phenoxy) is 1. The molecule has 0 spiro atoms. The Bertz CT molecular complexity index is 899. The van der Waals surface area contributed by atoms with Gasteiger partial charge in [-0.1, -0.05) is 30.3 Å². The van der Waals surface area contributed by atoms with Crippen molar-refractivity contribution in [1.82, 2.24) is 10.3 Å². The zero-order valence-electron chi connectivity index (χ0n) is 13.6. The van der Waals surface area contributed by atoms with Crippen molar-refractivity contribution >= 4 is 39.5 Å². The molecular formula is C19H16N2O3S. The Morgan fingerprint density at radius 1 is 1.12 bits per heavy atom. The van der Waals surface area contributed by atoms with Gasteiger partial charge in [-0.3, -0.25) is 4.79 Å². The summed E-state index contributed by atoms with van der Waals surface area (Å²) in [5.74, 6) is -0.966. The van der Waals surface area contributed by atoms with Gasteiger partial charge in [-0.15, -0.1) is 11.3 Å². The number of amides is 1. The third kappa shape index (κ3) is 4.10. The molecule has 0 aliphatic heterocycles. The van der Waals surface area contributed by atoms with Crippen LogP contribution in [0.4, 0.5) is 0 Å². The van der Waals surface area contributed by atoms with Gasteiger partial charge in [0.05, 0.1) is 16.8 Å². The molecule has 0 fully saturated rings. The van der Waals surface area contributed by atoms with E-state index in [4.69, 9.17) is 4.74 Å². The van der Waals surface area contributed by atoms with Gasteiger partial charge in [0.15, 0.2) is 0 Å². The number of fused-ring (bicyclic) bond motifs is 1. The molecule has 0 aliphatic rings. The standard InChI is InChI=1S/C19H16N2O3S/c1-2-24-19(23)15(21-18(22)13-8-4-3-5-9-13)12-17-20-14-10-6-7-11-16(14)25-17/h3-12H,2H2,1H3,(H,21,22)/b15-12-. The van der Waals surface area contributed by atoms with E-state index in [0.717, 1.165) is 10.2 Å². The van der Waals surface area contributed by atoms with Gasteiger partial charge in [0, 0.05) is 11.6 Å². The summed E-state index contributed by atoms with van der Waals surface area (Å²) in [4.78, 5) is 29.0. The molecule has 0 radical (unpaired) electrons. The topological polar surface area (TPSA) is 68.3 Å². The van der Waals surface area contributed by atoms with Crippen LogP contribution in [-0.2, 0) is 9.53 Å². The van der Waals surface area contributed by atoms with Crippen LogP contribution >= 0.6 is 11.3 Å². The van der Waals surface area contributed by atoms with Crippen molar-refractivity contribution in [2.24, 2.45) is 0 Å². The summed E-state index contributed by atoms with van der Waals surface area (Å²) in [5.41, 5.74) is 1.37. The first-order chi connectivity index (χ1) is 12.2. The Labute approximate surface area is 149 Å². The van der Waals surface area contributed by atoms with Gasteiger partial charge in [0.2, 0.25) is 0 Å². The zero-order chi connectivity index (χ0) is 17.6. The summed E-state index contributed by atoms with van der Waals surface area (Å²) in [6.07, 6.45) is 1.55. The molecule has 0 saturated heterocycles. The van der Waals surface area contributed by atoms with Crippen LogP contribution in [0.25, 0.3) is 16.3 Å². The summed E-state index contributed by atoms with van der Waals surface area (Å²) < 4.78 is 6.05. The van der Waals surface area contributed by atoms with Gasteiger partial charge in [0.25, 0.3) is 5.91 Å². The van der Waals surface area contributed by atoms with Gasteiger partial charge >= 0.3 is 5.97 Å². The van der Waals surface area contributed by atoms with Crippen LogP contribution in [-0.4, -0.2) is 23.5 Å². The molecule has 0 atom stereocenters. The minimum atomic E-state index is -0.592. The molecule has 6 heteroatoms. The number of nitrogens with one attached hydrogen (secondary N) is 1. The smallest absolute Gasteiger partial charge is 0.354 e. The van der Waals surface area contributed by atoms with E-state index in [2.05, 4.69) is 10.3 Å². The summed E-state index contributed by atoms with van der Waals surface area (Å²) in [5, 5.41) is 3.25. The summed E-state index contributed by atoms with van der Waals surface area (Å²) in [6, 6.07) is 16.4. The van der Waals surface area contributed by atoms with E-state index in [1.807, 2.05) is 30.3 Å². The van der Waals surface area contributed by atoms with Crippen molar-refractivity contribution in [3.8, 4) is 0 Å². The molecule has 126 valence electrons. The number of hydrogen-bond acceptors (Lipinski definition) is 5. The van der Waals surface area contributed by atoms with E-state index in [1.165, 1.54) is 11.3 Å². The molecule has 2 aromatic carbocycles. The van der Waals surface area contributed by atoms with Crippen molar-refractivity contribution in [1.29, 1.82) is 0 Å². The van der Waals surface area contributed by atoms with Crippen LogP contribution in [0, 0.1) is 0 Å². The third-order valence-electron chi connectivity index (χ3n) is 3.36. The van der Waals surface area contributed by atoms with Gasteiger partial charge in [-0.05, 0) is 31.2 Å². The molecule has 0 aliphatic carbocycles. The molecule has 5 nitrogen and oxygen atoms in total. The molecular weight excluding hydrogens is 336 g/mol. The number of esters is 1. The fourth-order valence-electron chi connectivity index (χ4n) is 2.21. The van der Waals surface area contributed by atoms with Crippen molar-refractivity contribution in [3.63, 3.8) is 0 Å². The average molecular weight is 352 g/mol. The molecule has 3 rings (SSSR count). The molecule has 25 heavy (non-hydrogen) atoms. The summed E-state index contributed by atoms with van der Waals surface area (Å²) in [6.45, 7) is 1.93. The number of nitrogens with zero attached hydrogens (tertiary/aromatic N) is 1. The highest BCUT2D eigenvalue weighted by molar-refractivity contribution is 7.19. The predicted octanol–water partition coefficient (Wildman–Crippen LogP) is 3.63. The largest absolute Gasteiger partial charge is 0.461 e. The van der Waals surface area contributed by atoms with Crippen molar-refractivity contribution in [3.05, 3.63) is 70.9 Å².